The van der Waals surface area contributed by atoms with Gasteiger partial charge in [-0.3, -0.25) is 9.78 Å². The molecule has 10 nitrogen and oxygen atoms in total. The van der Waals surface area contributed by atoms with Crippen LogP contribution in [0.1, 0.15) is 50.7 Å². The van der Waals surface area contributed by atoms with Gasteiger partial charge < -0.3 is 30.2 Å². The van der Waals surface area contributed by atoms with Gasteiger partial charge in [0.1, 0.15) is 23.4 Å². The molecule has 0 saturated carbocycles. The Morgan fingerprint density at radius 2 is 1.71 bits per heavy atom. The number of nitrogens with one attached hydrogen (secondary N) is 2. The van der Waals surface area contributed by atoms with E-state index < -0.39 is 29.8 Å². The van der Waals surface area contributed by atoms with Gasteiger partial charge in [0.05, 0.1) is 22.9 Å². The highest BCUT2D eigenvalue weighted by Crippen LogP contribution is 2.40. The van der Waals surface area contributed by atoms with Crippen LogP contribution in [0.15, 0.2) is 83.4 Å². The first kappa shape index (κ1) is 27.5. The zero-order chi connectivity index (χ0) is 29.1. The standard InChI is InChI=1S/C29H23FN4O6S/c30-19-4-6-20(7-5-19)32-24(35)10-12-34-26(25(33-29(34)41)21-3-1-2-11-31-21)23-9-8-22(40-23)16-13-17(27(36)37)15-18(14-16)28(38)39/h1-9,11,13-15,25-26H,10,12H2,(H,32,35)(H,33,41)(H,36,37)(H,38,39). The smallest absolute Gasteiger partial charge is 0.335 e. The molecule has 0 radical (unpaired) electrons. The number of anilines is 1. The molecule has 1 saturated heterocycles. The van der Waals surface area contributed by atoms with Crippen LogP contribution in [0.4, 0.5) is 10.1 Å². The Morgan fingerprint density at radius 1 is 1.00 bits per heavy atom. The maximum Gasteiger partial charge on any atom is 0.335 e. The number of carbonyl (C=O) groups excluding carboxylic acids is 1. The van der Waals surface area contributed by atoms with Crippen LogP contribution in [0.3, 0.4) is 0 Å². The number of furan rings is 1. The normalized spacial score (nSPS) is 16.3. The van der Waals surface area contributed by atoms with Crippen molar-refractivity contribution in [1.29, 1.82) is 0 Å². The number of hydrogen-bond acceptors (Lipinski definition) is 6. The van der Waals surface area contributed by atoms with Crippen LogP contribution in [0, 0.1) is 5.82 Å². The Hall–Kier alpha value is -5.10. The fraction of sp³-hybridized carbons (Fsp3) is 0.138. The molecule has 2 unspecified atom stereocenters. The highest BCUT2D eigenvalue weighted by molar-refractivity contribution is 7.80. The zero-order valence-electron chi connectivity index (χ0n) is 21.3. The number of thiocarbonyl (C=S) groups is 1. The van der Waals surface area contributed by atoms with Crippen molar-refractivity contribution in [3.8, 4) is 11.3 Å². The molecule has 2 aromatic carbocycles. The second-order valence-corrected chi connectivity index (χ2v) is 9.62. The van der Waals surface area contributed by atoms with E-state index >= 15 is 0 Å². The lowest BCUT2D eigenvalue weighted by Crippen LogP contribution is -2.32. The third-order valence-corrected chi connectivity index (χ3v) is 6.89. The molecule has 3 heterocycles. The highest BCUT2D eigenvalue weighted by atomic mass is 32.1. The van der Waals surface area contributed by atoms with Gasteiger partial charge >= 0.3 is 11.9 Å². The minimum Gasteiger partial charge on any atom is -0.478 e. The van der Waals surface area contributed by atoms with Crippen molar-refractivity contribution in [2.24, 2.45) is 0 Å². The van der Waals surface area contributed by atoms with Crippen LogP contribution in [0.25, 0.3) is 11.3 Å². The van der Waals surface area contributed by atoms with E-state index in [4.69, 9.17) is 16.6 Å². The molecule has 208 valence electrons. The predicted octanol–water partition coefficient (Wildman–Crippen LogP) is 4.88. The Kier molecular flexibility index (Phi) is 7.74. The van der Waals surface area contributed by atoms with Crippen LogP contribution in [-0.2, 0) is 4.79 Å². The number of rotatable bonds is 9. The van der Waals surface area contributed by atoms with Crippen LogP contribution >= 0.6 is 12.2 Å². The molecule has 4 aromatic rings. The summed E-state index contributed by atoms with van der Waals surface area (Å²) in [5, 5.41) is 25.3. The first-order chi connectivity index (χ1) is 19.7. The minimum absolute atomic E-state index is 0.0564. The lowest BCUT2D eigenvalue weighted by atomic mass is 10.0. The lowest BCUT2D eigenvalue weighted by Gasteiger charge is -2.25. The zero-order valence-corrected chi connectivity index (χ0v) is 22.1. The molecule has 0 spiro atoms. The summed E-state index contributed by atoms with van der Waals surface area (Å²) in [7, 11) is 0. The molecular weight excluding hydrogens is 551 g/mol. The van der Waals surface area contributed by atoms with Gasteiger partial charge in [0, 0.05) is 30.4 Å². The maximum atomic E-state index is 13.2. The number of carboxylic acids is 2. The summed E-state index contributed by atoms with van der Waals surface area (Å²) in [6.07, 6.45) is 1.70. The van der Waals surface area contributed by atoms with Crippen LogP contribution < -0.4 is 10.6 Å². The molecule has 5 rings (SSSR count). The van der Waals surface area contributed by atoms with Gasteiger partial charge in [-0.25, -0.2) is 14.0 Å². The molecule has 4 N–H and O–H groups in total. The first-order valence-corrected chi connectivity index (χ1v) is 12.9. The molecular formula is C29H23FN4O6S. The highest BCUT2D eigenvalue weighted by Gasteiger charge is 2.41. The average Bonchev–Trinajstić information content (AvgIpc) is 3.58. The van der Waals surface area contributed by atoms with E-state index in [1.807, 2.05) is 12.1 Å². The monoisotopic (exact) mass is 574 g/mol. The Balaban J connectivity index is 1.44. The SMILES string of the molecule is O=C(CCN1C(=S)NC(c2ccccn2)C1c1ccc(-c2cc(C(=O)O)cc(C(=O)O)c2)o1)Nc1ccc(F)cc1. The Labute approximate surface area is 238 Å². The molecule has 1 aliphatic heterocycles. The van der Waals surface area contributed by atoms with Crippen molar-refractivity contribution in [2.75, 3.05) is 11.9 Å². The quantitative estimate of drug-likeness (QED) is 0.204. The average molecular weight is 575 g/mol. The summed E-state index contributed by atoms with van der Waals surface area (Å²) >= 11 is 5.62. The topological polar surface area (TPSA) is 145 Å². The van der Waals surface area contributed by atoms with Crippen molar-refractivity contribution in [2.45, 2.75) is 18.5 Å². The summed E-state index contributed by atoms with van der Waals surface area (Å²) < 4.78 is 19.4. The molecule has 0 bridgehead atoms. The minimum atomic E-state index is -1.27. The molecule has 2 aromatic heterocycles. The molecule has 1 fully saturated rings. The number of carboxylic acid groups (broad SMARTS) is 2. The predicted molar refractivity (Wildman–Crippen MR) is 150 cm³/mol. The van der Waals surface area contributed by atoms with E-state index in [2.05, 4.69) is 15.6 Å². The number of carbonyl (C=O) groups is 3. The number of pyridine rings is 1. The van der Waals surface area contributed by atoms with E-state index in [9.17, 15) is 29.0 Å². The van der Waals surface area contributed by atoms with E-state index in [0.717, 1.165) is 6.07 Å². The van der Waals surface area contributed by atoms with E-state index in [-0.39, 0.29) is 41.3 Å². The van der Waals surface area contributed by atoms with Gasteiger partial charge in [-0.2, -0.15) is 0 Å². The molecule has 2 atom stereocenters. The van der Waals surface area contributed by atoms with Crippen molar-refractivity contribution >= 4 is 40.9 Å². The van der Waals surface area contributed by atoms with Crippen molar-refractivity contribution in [3.05, 3.63) is 107 Å². The Bertz CT molecular complexity index is 1590. The van der Waals surface area contributed by atoms with Gasteiger partial charge in [0.15, 0.2) is 5.11 Å². The van der Waals surface area contributed by atoms with Gasteiger partial charge in [-0.05, 0) is 78.9 Å². The molecule has 1 amide bonds. The second kappa shape index (κ2) is 11.6. The van der Waals surface area contributed by atoms with Crippen LogP contribution in [0.2, 0.25) is 0 Å². The number of halogens is 1. The van der Waals surface area contributed by atoms with Crippen molar-refractivity contribution < 1.29 is 33.4 Å². The van der Waals surface area contributed by atoms with E-state index in [1.165, 1.54) is 36.4 Å². The number of aromatic carboxylic acids is 2. The van der Waals surface area contributed by atoms with Gasteiger partial charge in [-0.15, -0.1) is 0 Å². The fourth-order valence-electron chi connectivity index (χ4n) is 4.62. The summed E-state index contributed by atoms with van der Waals surface area (Å²) in [4.78, 5) is 42.2. The lowest BCUT2D eigenvalue weighted by molar-refractivity contribution is -0.116. The summed E-state index contributed by atoms with van der Waals surface area (Å²) in [5.41, 5.74) is 1.03. The second-order valence-electron chi connectivity index (χ2n) is 9.24. The first-order valence-electron chi connectivity index (χ1n) is 12.4. The van der Waals surface area contributed by atoms with E-state index in [1.54, 1.807) is 29.3 Å². The van der Waals surface area contributed by atoms with Crippen molar-refractivity contribution in [3.63, 3.8) is 0 Å². The van der Waals surface area contributed by atoms with Crippen LogP contribution in [0.5, 0.6) is 0 Å². The van der Waals surface area contributed by atoms with Crippen LogP contribution in [-0.4, -0.2) is 49.6 Å². The summed E-state index contributed by atoms with van der Waals surface area (Å²) in [6, 6.07) is 17.0. The fourth-order valence-corrected chi connectivity index (χ4v) is 4.95. The Morgan fingerprint density at radius 3 is 2.34 bits per heavy atom. The molecule has 0 aliphatic carbocycles. The maximum absolute atomic E-state index is 13.2. The number of nitrogens with zero attached hydrogens (tertiary/aromatic N) is 2. The largest absolute Gasteiger partial charge is 0.478 e. The van der Waals surface area contributed by atoms with Gasteiger partial charge in [0.2, 0.25) is 5.91 Å². The number of aromatic nitrogens is 1. The molecule has 12 heteroatoms. The van der Waals surface area contributed by atoms with Gasteiger partial charge in [0.25, 0.3) is 0 Å². The van der Waals surface area contributed by atoms with Crippen molar-refractivity contribution in [1.82, 2.24) is 15.2 Å². The number of amides is 1. The third-order valence-electron chi connectivity index (χ3n) is 6.54. The molecule has 1 aliphatic rings. The number of benzene rings is 2. The van der Waals surface area contributed by atoms with Gasteiger partial charge in [-0.1, -0.05) is 6.07 Å². The summed E-state index contributed by atoms with van der Waals surface area (Å²) in [6.45, 7) is 0.209. The summed E-state index contributed by atoms with van der Waals surface area (Å²) in [5.74, 6) is -2.55. The number of hydrogen-bond donors (Lipinski definition) is 4. The molecule has 41 heavy (non-hydrogen) atoms. The third kappa shape index (κ3) is 6.07. The van der Waals surface area contributed by atoms with E-state index in [0.29, 0.717) is 22.3 Å².